The molecule has 5 nitrogen and oxygen atoms in total. The minimum atomic E-state index is -0.485. The molecule has 1 N–H and O–H groups in total. The van der Waals surface area contributed by atoms with Gasteiger partial charge in [-0.05, 0) is 23.3 Å². The molecule has 0 heterocycles. The Bertz CT molecular complexity index is 652. The second-order valence-electron chi connectivity index (χ2n) is 4.96. The Morgan fingerprint density at radius 1 is 1.00 bits per heavy atom. The van der Waals surface area contributed by atoms with Crippen molar-refractivity contribution in [1.82, 2.24) is 5.32 Å². The summed E-state index contributed by atoms with van der Waals surface area (Å²) < 4.78 is 9.90. The number of benzene rings is 2. The molecule has 1 atom stereocenters. The minimum absolute atomic E-state index is 0.297. The molecule has 0 aromatic heterocycles. The number of methoxy groups -OCH3 is 1. The molecule has 0 aliphatic heterocycles. The molecule has 120 valence electrons. The van der Waals surface area contributed by atoms with Gasteiger partial charge in [-0.2, -0.15) is 0 Å². The third kappa shape index (κ3) is 4.85. The predicted molar refractivity (Wildman–Crippen MR) is 86.1 cm³/mol. The highest BCUT2D eigenvalue weighted by Crippen LogP contribution is 2.24. The van der Waals surface area contributed by atoms with E-state index < -0.39 is 5.97 Å². The van der Waals surface area contributed by atoms with Crippen molar-refractivity contribution in [3.8, 4) is 5.75 Å². The molecule has 0 radical (unpaired) electrons. The van der Waals surface area contributed by atoms with E-state index in [1.807, 2.05) is 54.6 Å². The van der Waals surface area contributed by atoms with Crippen LogP contribution in [0.4, 0.5) is 0 Å². The number of hydrogen-bond donors (Lipinski definition) is 1. The van der Waals surface area contributed by atoms with Crippen LogP contribution < -0.4 is 10.1 Å². The van der Waals surface area contributed by atoms with Gasteiger partial charge >= 0.3 is 5.97 Å². The van der Waals surface area contributed by atoms with E-state index in [-0.39, 0.29) is 18.6 Å². The van der Waals surface area contributed by atoms with Gasteiger partial charge in [-0.25, -0.2) is 0 Å². The van der Waals surface area contributed by atoms with E-state index in [9.17, 15) is 9.59 Å². The van der Waals surface area contributed by atoms with E-state index in [4.69, 9.17) is 9.47 Å². The maximum atomic E-state index is 12.0. The first kappa shape index (κ1) is 16.5. The molecule has 0 aliphatic rings. The first-order valence-electron chi connectivity index (χ1n) is 7.22. The van der Waals surface area contributed by atoms with Crippen LogP contribution in [-0.2, 0) is 14.3 Å². The number of nitrogens with one attached hydrogen (secondary N) is 1. The lowest BCUT2D eigenvalue weighted by molar-refractivity contribution is -0.146. The SMILES string of the molecule is COc1ccc([C@@H](NC(=O)COC(C)=O)c2ccccc2)cc1. The summed E-state index contributed by atoms with van der Waals surface area (Å²) in [6.45, 7) is 0.972. The van der Waals surface area contributed by atoms with Crippen molar-refractivity contribution in [2.24, 2.45) is 0 Å². The maximum absolute atomic E-state index is 12.0. The first-order valence-corrected chi connectivity index (χ1v) is 7.22. The average molecular weight is 313 g/mol. The fraction of sp³-hybridized carbons (Fsp3) is 0.222. The highest BCUT2D eigenvalue weighted by Gasteiger charge is 2.17. The first-order chi connectivity index (χ1) is 11.1. The number of carbonyl (C=O) groups excluding carboxylic acids is 2. The van der Waals surface area contributed by atoms with E-state index in [0.717, 1.165) is 16.9 Å². The fourth-order valence-corrected chi connectivity index (χ4v) is 2.17. The summed E-state index contributed by atoms with van der Waals surface area (Å²) in [6.07, 6.45) is 0. The molecule has 0 bridgehead atoms. The van der Waals surface area contributed by atoms with Gasteiger partial charge in [0.1, 0.15) is 5.75 Å². The molecule has 1 amide bonds. The number of hydrogen-bond acceptors (Lipinski definition) is 4. The molecule has 0 aliphatic carbocycles. The molecule has 0 saturated carbocycles. The van der Waals surface area contributed by atoms with Gasteiger partial charge in [-0.15, -0.1) is 0 Å². The van der Waals surface area contributed by atoms with Crippen molar-refractivity contribution < 1.29 is 19.1 Å². The van der Waals surface area contributed by atoms with E-state index in [1.54, 1.807) is 7.11 Å². The second-order valence-corrected chi connectivity index (χ2v) is 4.96. The summed E-state index contributed by atoms with van der Waals surface area (Å²) in [4.78, 5) is 22.8. The molecule has 0 saturated heterocycles. The Morgan fingerprint density at radius 3 is 2.17 bits per heavy atom. The highest BCUT2D eigenvalue weighted by molar-refractivity contribution is 5.80. The number of rotatable bonds is 6. The van der Waals surface area contributed by atoms with Gasteiger partial charge in [0.25, 0.3) is 5.91 Å². The van der Waals surface area contributed by atoms with E-state index in [1.165, 1.54) is 6.92 Å². The number of ether oxygens (including phenoxy) is 2. The summed E-state index contributed by atoms with van der Waals surface area (Å²) in [7, 11) is 1.60. The number of amides is 1. The lowest BCUT2D eigenvalue weighted by Gasteiger charge is -2.20. The van der Waals surface area contributed by atoms with Crippen LogP contribution in [0.15, 0.2) is 54.6 Å². The Labute approximate surface area is 135 Å². The minimum Gasteiger partial charge on any atom is -0.497 e. The van der Waals surface area contributed by atoms with Gasteiger partial charge in [0.2, 0.25) is 0 Å². The molecule has 0 unspecified atom stereocenters. The van der Waals surface area contributed by atoms with Crippen molar-refractivity contribution >= 4 is 11.9 Å². The Balaban J connectivity index is 2.21. The summed E-state index contributed by atoms with van der Waals surface area (Å²) in [6, 6.07) is 16.7. The van der Waals surface area contributed by atoms with Crippen LogP contribution in [0.2, 0.25) is 0 Å². The average Bonchev–Trinajstić information content (AvgIpc) is 2.59. The third-order valence-electron chi connectivity index (χ3n) is 3.29. The van der Waals surface area contributed by atoms with E-state index >= 15 is 0 Å². The topological polar surface area (TPSA) is 64.6 Å². The van der Waals surface area contributed by atoms with Gasteiger partial charge in [-0.1, -0.05) is 42.5 Å². The van der Waals surface area contributed by atoms with Gasteiger partial charge in [0, 0.05) is 6.92 Å². The quantitative estimate of drug-likeness (QED) is 0.832. The molecule has 5 heteroatoms. The van der Waals surface area contributed by atoms with Crippen LogP contribution in [0, 0.1) is 0 Å². The van der Waals surface area contributed by atoms with E-state index in [2.05, 4.69) is 5.32 Å². The molecule has 2 aromatic rings. The van der Waals surface area contributed by atoms with Crippen LogP contribution in [0.1, 0.15) is 24.1 Å². The Morgan fingerprint density at radius 2 is 1.61 bits per heavy atom. The number of esters is 1. The maximum Gasteiger partial charge on any atom is 0.303 e. The van der Waals surface area contributed by atoms with Gasteiger partial charge in [-0.3, -0.25) is 9.59 Å². The molecular weight excluding hydrogens is 294 g/mol. The van der Waals surface area contributed by atoms with Crippen LogP contribution in [0.3, 0.4) is 0 Å². The normalized spacial score (nSPS) is 11.4. The molecular formula is C18H19NO4. The van der Waals surface area contributed by atoms with Crippen molar-refractivity contribution in [3.05, 3.63) is 65.7 Å². The number of carbonyl (C=O) groups is 2. The van der Waals surface area contributed by atoms with E-state index in [0.29, 0.717) is 0 Å². The van der Waals surface area contributed by atoms with Crippen LogP contribution in [-0.4, -0.2) is 25.6 Å². The zero-order chi connectivity index (χ0) is 16.7. The summed E-state index contributed by atoms with van der Waals surface area (Å²) >= 11 is 0. The summed E-state index contributed by atoms with van der Waals surface area (Å²) in [5.74, 6) is -0.0995. The largest absolute Gasteiger partial charge is 0.497 e. The van der Waals surface area contributed by atoms with Crippen LogP contribution in [0.5, 0.6) is 5.75 Å². The zero-order valence-electron chi connectivity index (χ0n) is 13.1. The third-order valence-corrected chi connectivity index (χ3v) is 3.29. The predicted octanol–water partition coefficient (Wildman–Crippen LogP) is 2.46. The lowest BCUT2D eigenvalue weighted by Crippen LogP contribution is -2.32. The Hall–Kier alpha value is -2.82. The van der Waals surface area contributed by atoms with Crippen molar-refractivity contribution in [1.29, 1.82) is 0 Å². The van der Waals surface area contributed by atoms with Crippen molar-refractivity contribution in [2.45, 2.75) is 13.0 Å². The van der Waals surface area contributed by atoms with Gasteiger partial charge < -0.3 is 14.8 Å². The van der Waals surface area contributed by atoms with Crippen molar-refractivity contribution in [2.75, 3.05) is 13.7 Å². The van der Waals surface area contributed by atoms with Crippen LogP contribution in [0.25, 0.3) is 0 Å². The molecule has 0 fully saturated rings. The zero-order valence-corrected chi connectivity index (χ0v) is 13.1. The van der Waals surface area contributed by atoms with Gasteiger partial charge in [0.15, 0.2) is 6.61 Å². The molecule has 2 aromatic carbocycles. The van der Waals surface area contributed by atoms with Crippen LogP contribution >= 0.6 is 0 Å². The molecule has 0 spiro atoms. The Kier molecular flexibility index (Phi) is 5.74. The standard InChI is InChI=1S/C18H19NO4/c1-13(20)23-12-17(21)19-18(14-6-4-3-5-7-14)15-8-10-16(22-2)11-9-15/h3-11,18H,12H2,1-2H3,(H,19,21)/t18-/m0/s1. The lowest BCUT2D eigenvalue weighted by atomic mass is 9.98. The molecule has 2 rings (SSSR count). The second kappa shape index (κ2) is 7.98. The highest BCUT2D eigenvalue weighted by atomic mass is 16.5. The molecule has 23 heavy (non-hydrogen) atoms. The summed E-state index contributed by atoms with van der Waals surface area (Å²) in [5.41, 5.74) is 1.85. The monoisotopic (exact) mass is 313 g/mol. The van der Waals surface area contributed by atoms with Gasteiger partial charge in [0.05, 0.1) is 13.2 Å². The smallest absolute Gasteiger partial charge is 0.303 e. The summed E-state index contributed by atoms with van der Waals surface area (Å²) in [5, 5.41) is 2.89. The fourth-order valence-electron chi connectivity index (χ4n) is 2.17. The van der Waals surface area contributed by atoms with Crippen molar-refractivity contribution in [3.63, 3.8) is 0 Å².